The molecule has 0 amide bonds. The number of aromatic nitrogens is 2. The van der Waals surface area contributed by atoms with E-state index in [1.807, 2.05) is 0 Å². The van der Waals surface area contributed by atoms with Crippen LogP contribution in [0, 0.1) is 0 Å². The van der Waals surface area contributed by atoms with Crippen molar-refractivity contribution in [2.45, 2.75) is 13.0 Å². The van der Waals surface area contributed by atoms with Gasteiger partial charge in [0.1, 0.15) is 11.1 Å². The zero-order valence-electron chi connectivity index (χ0n) is 8.19. The van der Waals surface area contributed by atoms with Gasteiger partial charge in [-0.1, -0.05) is 11.6 Å². The van der Waals surface area contributed by atoms with Gasteiger partial charge in [0.15, 0.2) is 5.82 Å². The maximum Gasteiger partial charge on any atom is 0.325 e. The predicted molar refractivity (Wildman–Crippen MR) is 54.3 cm³/mol. The fourth-order valence-corrected chi connectivity index (χ4v) is 0.963. The smallest absolute Gasteiger partial charge is 0.325 e. The van der Waals surface area contributed by atoms with Crippen molar-refractivity contribution in [2.24, 2.45) is 0 Å². The molecular weight excluding hydrogens is 222 g/mol. The minimum absolute atomic E-state index is 0.125. The Labute approximate surface area is 91.3 Å². The van der Waals surface area contributed by atoms with Crippen molar-refractivity contribution >= 4 is 23.4 Å². The molecule has 1 aromatic rings. The normalized spacial score (nSPS) is 11.9. The van der Waals surface area contributed by atoms with Crippen LogP contribution < -0.4 is 10.1 Å². The van der Waals surface area contributed by atoms with Crippen molar-refractivity contribution < 1.29 is 14.6 Å². The number of anilines is 1. The van der Waals surface area contributed by atoms with Gasteiger partial charge in [-0.05, 0) is 6.92 Å². The van der Waals surface area contributed by atoms with Crippen molar-refractivity contribution in [2.75, 3.05) is 12.4 Å². The zero-order chi connectivity index (χ0) is 11.4. The Bertz CT molecular complexity index is 372. The summed E-state index contributed by atoms with van der Waals surface area (Å²) in [5.74, 6) is -0.762. The summed E-state index contributed by atoms with van der Waals surface area (Å²) in [6.45, 7) is 1.48. The molecule has 82 valence electrons. The third kappa shape index (κ3) is 2.95. The molecule has 15 heavy (non-hydrogen) atoms. The Morgan fingerprint density at radius 3 is 2.93 bits per heavy atom. The Morgan fingerprint density at radius 1 is 1.73 bits per heavy atom. The minimum atomic E-state index is -0.997. The molecule has 2 N–H and O–H groups in total. The number of carbonyl (C=O) groups is 1. The summed E-state index contributed by atoms with van der Waals surface area (Å²) in [5, 5.41) is 11.5. The first-order valence-electron chi connectivity index (χ1n) is 4.10. The lowest BCUT2D eigenvalue weighted by Gasteiger charge is -2.11. The van der Waals surface area contributed by atoms with E-state index in [0.717, 1.165) is 0 Å². The number of hydrogen-bond donors (Lipinski definition) is 2. The molecule has 1 aromatic heterocycles. The van der Waals surface area contributed by atoms with Crippen molar-refractivity contribution in [1.82, 2.24) is 9.97 Å². The maximum absolute atomic E-state index is 10.6. The van der Waals surface area contributed by atoms with Gasteiger partial charge in [-0.3, -0.25) is 4.79 Å². The molecule has 0 saturated heterocycles. The highest BCUT2D eigenvalue weighted by atomic mass is 35.5. The van der Waals surface area contributed by atoms with E-state index in [1.165, 1.54) is 20.2 Å². The van der Waals surface area contributed by atoms with Crippen LogP contribution in [0.3, 0.4) is 0 Å². The maximum atomic E-state index is 10.6. The number of rotatable bonds is 4. The van der Waals surface area contributed by atoms with Gasteiger partial charge in [-0.2, -0.15) is 4.98 Å². The summed E-state index contributed by atoms with van der Waals surface area (Å²) < 4.78 is 4.78. The molecule has 0 aromatic carbocycles. The molecule has 0 aliphatic carbocycles. The van der Waals surface area contributed by atoms with E-state index in [9.17, 15) is 4.79 Å². The number of methoxy groups -OCH3 is 1. The molecule has 0 saturated carbocycles. The average Bonchev–Trinajstić information content (AvgIpc) is 2.21. The molecular formula is C8H10ClN3O3. The number of carboxylic acids is 1. The molecule has 0 aliphatic rings. The molecule has 0 unspecified atom stereocenters. The topological polar surface area (TPSA) is 84.3 Å². The molecule has 0 aliphatic heterocycles. The first kappa shape index (κ1) is 11.5. The number of ether oxygens (including phenoxy) is 1. The third-order valence-corrected chi connectivity index (χ3v) is 1.90. The summed E-state index contributed by atoms with van der Waals surface area (Å²) in [6.07, 6.45) is 1.34. The Hall–Kier alpha value is -1.56. The van der Waals surface area contributed by atoms with Crippen molar-refractivity contribution in [1.29, 1.82) is 0 Å². The van der Waals surface area contributed by atoms with E-state index in [-0.39, 0.29) is 16.9 Å². The van der Waals surface area contributed by atoms with Gasteiger partial charge in [0, 0.05) is 0 Å². The standard InChI is InChI=1S/C8H10ClN3O3/c1-4(7(13)14)11-6-5(9)3-10-8(12-6)15-2/h3-4H,1-2H3,(H,13,14)(H,10,11,12)/t4-/m1/s1. The van der Waals surface area contributed by atoms with Crippen LogP contribution in [0.15, 0.2) is 6.20 Å². The number of nitrogens with zero attached hydrogens (tertiary/aromatic N) is 2. The van der Waals surface area contributed by atoms with Crippen molar-refractivity contribution in [3.63, 3.8) is 0 Å². The van der Waals surface area contributed by atoms with Crippen molar-refractivity contribution in [3.8, 4) is 6.01 Å². The summed E-state index contributed by atoms with van der Waals surface area (Å²) >= 11 is 5.77. The van der Waals surface area contributed by atoms with E-state index >= 15 is 0 Å². The Morgan fingerprint density at radius 2 is 2.40 bits per heavy atom. The lowest BCUT2D eigenvalue weighted by atomic mass is 10.3. The van der Waals surface area contributed by atoms with Crippen LogP contribution in [0.4, 0.5) is 5.82 Å². The number of aliphatic carboxylic acids is 1. The molecule has 1 heterocycles. The third-order valence-electron chi connectivity index (χ3n) is 1.63. The predicted octanol–water partition coefficient (Wildman–Crippen LogP) is 1.02. The Balaban J connectivity index is 2.88. The van der Waals surface area contributed by atoms with Crippen LogP contribution in [0.2, 0.25) is 5.02 Å². The van der Waals surface area contributed by atoms with Crippen LogP contribution in [0.5, 0.6) is 6.01 Å². The highest BCUT2D eigenvalue weighted by molar-refractivity contribution is 6.32. The van der Waals surface area contributed by atoms with Crippen molar-refractivity contribution in [3.05, 3.63) is 11.2 Å². The molecule has 0 spiro atoms. The summed E-state index contributed by atoms with van der Waals surface area (Å²) in [5.41, 5.74) is 0. The monoisotopic (exact) mass is 231 g/mol. The quantitative estimate of drug-likeness (QED) is 0.805. The lowest BCUT2D eigenvalue weighted by molar-refractivity contribution is -0.137. The van der Waals surface area contributed by atoms with E-state index in [2.05, 4.69) is 15.3 Å². The molecule has 0 fully saturated rings. The zero-order valence-corrected chi connectivity index (χ0v) is 8.95. The van der Waals surface area contributed by atoms with Gasteiger partial charge in [0.2, 0.25) is 0 Å². The van der Waals surface area contributed by atoms with Gasteiger partial charge < -0.3 is 15.2 Å². The van der Waals surface area contributed by atoms with E-state index in [1.54, 1.807) is 0 Å². The fourth-order valence-electron chi connectivity index (χ4n) is 0.817. The SMILES string of the molecule is COc1ncc(Cl)c(N[C@H](C)C(=O)O)n1. The largest absolute Gasteiger partial charge is 0.480 e. The number of carboxylic acid groups (broad SMARTS) is 1. The van der Waals surface area contributed by atoms with E-state index in [0.29, 0.717) is 0 Å². The van der Waals surface area contributed by atoms with Crippen LogP contribution in [-0.2, 0) is 4.79 Å². The number of halogens is 1. The van der Waals surface area contributed by atoms with Gasteiger partial charge in [-0.25, -0.2) is 4.98 Å². The number of nitrogens with one attached hydrogen (secondary N) is 1. The van der Waals surface area contributed by atoms with Gasteiger partial charge in [0.05, 0.1) is 13.3 Å². The number of hydrogen-bond acceptors (Lipinski definition) is 5. The molecule has 1 rings (SSSR count). The molecule has 6 nitrogen and oxygen atoms in total. The highest BCUT2D eigenvalue weighted by Crippen LogP contribution is 2.20. The van der Waals surface area contributed by atoms with Gasteiger partial charge in [-0.15, -0.1) is 0 Å². The van der Waals surface area contributed by atoms with Gasteiger partial charge in [0.25, 0.3) is 0 Å². The van der Waals surface area contributed by atoms with E-state index in [4.69, 9.17) is 21.4 Å². The van der Waals surface area contributed by atoms with Crippen LogP contribution >= 0.6 is 11.6 Å². The molecule has 0 bridgehead atoms. The minimum Gasteiger partial charge on any atom is -0.480 e. The molecule has 0 radical (unpaired) electrons. The van der Waals surface area contributed by atoms with Gasteiger partial charge >= 0.3 is 12.0 Å². The molecule has 1 atom stereocenters. The first-order chi connectivity index (χ1) is 7.04. The van der Waals surface area contributed by atoms with Crippen LogP contribution in [0.1, 0.15) is 6.92 Å². The first-order valence-corrected chi connectivity index (χ1v) is 4.48. The van der Waals surface area contributed by atoms with Crippen LogP contribution in [-0.4, -0.2) is 34.2 Å². The fraction of sp³-hybridized carbons (Fsp3) is 0.375. The Kier molecular flexibility index (Phi) is 3.68. The molecule has 7 heteroatoms. The van der Waals surface area contributed by atoms with Crippen LogP contribution in [0.25, 0.3) is 0 Å². The second-order valence-corrected chi connectivity index (χ2v) is 3.16. The summed E-state index contributed by atoms with van der Waals surface area (Å²) in [6, 6.07) is -0.665. The second kappa shape index (κ2) is 4.79. The average molecular weight is 232 g/mol. The summed E-state index contributed by atoms with van der Waals surface area (Å²) in [7, 11) is 1.41. The highest BCUT2D eigenvalue weighted by Gasteiger charge is 2.14. The summed E-state index contributed by atoms with van der Waals surface area (Å²) in [4.78, 5) is 18.2. The van der Waals surface area contributed by atoms with E-state index < -0.39 is 12.0 Å². The lowest BCUT2D eigenvalue weighted by Crippen LogP contribution is -2.26. The second-order valence-electron chi connectivity index (χ2n) is 2.76.